The van der Waals surface area contributed by atoms with E-state index in [1.807, 2.05) is 17.7 Å². The summed E-state index contributed by atoms with van der Waals surface area (Å²) < 4.78 is 27.4. The molecule has 0 aliphatic heterocycles. The van der Waals surface area contributed by atoms with Crippen molar-refractivity contribution in [3.63, 3.8) is 0 Å². The molecule has 0 aliphatic rings. The number of anilines is 1. The van der Waals surface area contributed by atoms with E-state index in [-0.39, 0.29) is 4.90 Å². The molecule has 19 heavy (non-hydrogen) atoms. The Labute approximate surface area is 124 Å². The van der Waals surface area contributed by atoms with Crippen LogP contribution in [0.5, 0.6) is 0 Å². The maximum absolute atomic E-state index is 12.1. The van der Waals surface area contributed by atoms with Gasteiger partial charge < -0.3 is 5.73 Å². The van der Waals surface area contributed by atoms with Crippen molar-refractivity contribution in [2.45, 2.75) is 18.4 Å². The molecule has 2 aromatic rings. The average Bonchev–Trinajstić information content (AvgIpc) is 2.76. The minimum Gasteiger partial charge on any atom is -0.398 e. The van der Waals surface area contributed by atoms with Gasteiger partial charge in [0.2, 0.25) is 10.0 Å². The van der Waals surface area contributed by atoms with E-state index in [9.17, 15) is 8.42 Å². The molecule has 1 aromatic heterocycles. The van der Waals surface area contributed by atoms with Crippen LogP contribution in [0.4, 0.5) is 5.69 Å². The van der Waals surface area contributed by atoms with Crippen molar-refractivity contribution >= 4 is 43.0 Å². The predicted molar refractivity (Wildman–Crippen MR) is 81.6 cm³/mol. The van der Waals surface area contributed by atoms with Gasteiger partial charge in [-0.05, 0) is 62.9 Å². The van der Waals surface area contributed by atoms with Crippen LogP contribution in [0, 0.1) is 6.92 Å². The van der Waals surface area contributed by atoms with Gasteiger partial charge in [0, 0.05) is 16.7 Å². The molecule has 0 aliphatic carbocycles. The molecule has 0 spiro atoms. The van der Waals surface area contributed by atoms with E-state index in [0.717, 1.165) is 11.1 Å². The fourth-order valence-electron chi connectivity index (χ4n) is 1.50. The van der Waals surface area contributed by atoms with Gasteiger partial charge in [-0.2, -0.15) is 11.3 Å². The molecule has 4 nitrogen and oxygen atoms in total. The SMILES string of the molecule is Cc1cscc1CNS(=O)(=O)c1ccc(N)c(Br)c1. The zero-order chi connectivity index (χ0) is 14.0. The first kappa shape index (κ1) is 14.5. The summed E-state index contributed by atoms with van der Waals surface area (Å²) >= 11 is 4.78. The molecule has 0 amide bonds. The Morgan fingerprint density at radius 3 is 2.68 bits per heavy atom. The normalized spacial score (nSPS) is 11.7. The number of sulfonamides is 1. The number of benzene rings is 1. The molecule has 3 N–H and O–H groups in total. The number of nitrogens with one attached hydrogen (secondary N) is 1. The van der Waals surface area contributed by atoms with Crippen LogP contribution in [0.2, 0.25) is 0 Å². The Morgan fingerprint density at radius 1 is 1.37 bits per heavy atom. The van der Waals surface area contributed by atoms with Crippen molar-refractivity contribution in [3.05, 3.63) is 44.6 Å². The third-order valence-electron chi connectivity index (χ3n) is 2.70. The summed E-state index contributed by atoms with van der Waals surface area (Å²) in [7, 11) is -3.52. The number of rotatable bonds is 4. The minimum atomic E-state index is -3.52. The molecule has 0 fully saturated rings. The highest BCUT2D eigenvalue weighted by molar-refractivity contribution is 9.10. The van der Waals surface area contributed by atoms with E-state index >= 15 is 0 Å². The third kappa shape index (κ3) is 3.36. The largest absolute Gasteiger partial charge is 0.398 e. The Hall–Kier alpha value is -0.890. The van der Waals surface area contributed by atoms with Crippen LogP contribution < -0.4 is 10.5 Å². The van der Waals surface area contributed by atoms with Crippen LogP contribution >= 0.6 is 27.3 Å². The average molecular weight is 361 g/mol. The predicted octanol–water partition coefficient (Wildman–Crippen LogP) is 2.88. The Morgan fingerprint density at radius 2 is 2.11 bits per heavy atom. The number of thiophene rings is 1. The summed E-state index contributed by atoms with van der Waals surface area (Å²) in [6, 6.07) is 4.55. The molecule has 1 heterocycles. The number of hydrogen-bond acceptors (Lipinski definition) is 4. The third-order valence-corrected chi connectivity index (χ3v) is 5.69. The lowest BCUT2D eigenvalue weighted by molar-refractivity contribution is 0.581. The van der Waals surface area contributed by atoms with E-state index in [1.54, 1.807) is 17.4 Å². The van der Waals surface area contributed by atoms with Gasteiger partial charge in [-0.25, -0.2) is 13.1 Å². The van der Waals surface area contributed by atoms with E-state index in [1.165, 1.54) is 12.1 Å². The maximum Gasteiger partial charge on any atom is 0.240 e. The molecule has 0 atom stereocenters. The molecule has 0 bridgehead atoms. The van der Waals surface area contributed by atoms with Gasteiger partial charge in [0.1, 0.15) is 0 Å². The molecule has 1 aromatic carbocycles. The summed E-state index contributed by atoms with van der Waals surface area (Å²) in [5.41, 5.74) is 8.23. The van der Waals surface area contributed by atoms with E-state index in [4.69, 9.17) is 5.73 Å². The Bertz CT molecular complexity index is 696. The quantitative estimate of drug-likeness (QED) is 0.823. The highest BCUT2D eigenvalue weighted by Gasteiger charge is 2.15. The molecule has 0 radical (unpaired) electrons. The number of hydrogen-bond donors (Lipinski definition) is 2. The first-order valence-corrected chi connectivity index (χ1v) is 8.68. The second-order valence-corrected chi connectivity index (χ2v) is 7.45. The first-order valence-electron chi connectivity index (χ1n) is 5.46. The standard InChI is InChI=1S/C12H13BrN2O2S2/c1-8-6-18-7-9(8)5-15-19(16,17)10-2-3-12(14)11(13)4-10/h2-4,6-7,15H,5,14H2,1H3. The van der Waals surface area contributed by atoms with Crippen LogP contribution in [-0.2, 0) is 16.6 Å². The van der Waals surface area contributed by atoms with E-state index in [2.05, 4.69) is 20.7 Å². The first-order chi connectivity index (χ1) is 8.90. The zero-order valence-corrected chi connectivity index (χ0v) is 13.4. The second-order valence-electron chi connectivity index (χ2n) is 4.09. The van der Waals surface area contributed by atoms with Gasteiger partial charge in [0.05, 0.1) is 4.90 Å². The maximum atomic E-state index is 12.1. The smallest absolute Gasteiger partial charge is 0.240 e. The Kier molecular flexibility index (Phi) is 4.29. The molecule has 2 rings (SSSR count). The number of aryl methyl sites for hydroxylation is 1. The van der Waals surface area contributed by atoms with Crippen molar-refractivity contribution < 1.29 is 8.42 Å². The molecule has 102 valence electrons. The van der Waals surface area contributed by atoms with Gasteiger partial charge in [-0.15, -0.1) is 0 Å². The molecule has 7 heteroatoms. The summed E-state index contributed by atoms with van der Waals surface area (Å²) in [5, 5.41) is 3.93. The van der Waals surface area contributed by atoms with Crippen LogP contribution in [0.15, 0.2) is 38.3 Å². The minimum absolute atomic E-state index is 0.196. The van der Waals surface area contributed by atoms with Crippen LogP contribution in [-0.4, -0.2) is 8.42 Å². The summed E-state index contributed by atoms with van der Waals surface area (Å²) in [6.07, 6.45) is 0. The fraction of sp³-hybridized carbons (Fsp3) is 0.167. The highest BCUT2D eigenvalue weighted by Crippen LogP contribution is 2.23. The monoisotopic (exact) mass is 360 g/mol. The topological polar surface area (TPSA) is 72.2 Å². The van der Waals surface area contributed by atoms with E-state index in [0.29, 0.717) is 16.7 Å². The van der Waals surface area contributed by atoms with Crippen molar-refractivity contribution in [2.75, 3.05) is 5.73 Å². The molecular weight excluding hydrogens is 348 g/mol. The fourth-order valence-corrected chi connectivity index (χ4v) is 3.92. The van der Waals surface area contributed by atoms with Gasteiger partial charge in [0.25, 0.3) is 0 Å². The van der Waals surface area contributed by atoms with Crippen LogP contribution in [0.25, 0.3) is 0 Å². The van der Waals surface area contributed by atoms with E-state index < -0.39 is 10.0 Å². The lowest BCUT2D eigenvalue weighted by Gasteiger charge is -2.08. The number of nitrogen functional groups attached to an aromatic ring is 1. The molecule has 0 saturated carbocycles. The van der Waals surface area contributed by atoms with Crippen molar-refractivity contribution in [1.29, 1.82) is 0 Å². The zero-order valence-electron chi connectivity index (χ0n) is 10.2. The van der Waals surface area contributed by atoms with Crippen molar-refractivity contribution in [2.24, 2.45) is 0 Å². The highest BCUT2D eigenvalue weighted by atomic mass is 79.9. The molecule has 0 saturated heterocycles. The second kappa shape index (κ2) is 5.62. The molecule has 0 unspecified atom stereocenters. The summed E-state index contributed by atoms with van der Waals surface area (Å²) in [4.78, 5) is 0.196. The van der Waals surface area contributed by atoms with Crippen molar-refractivity contribution in [3.8, 4) is 0 Å². The number of nitrogens with two attached hydrogens (primary N) is 1. The summed E-state index contributed by atoms with van der Waals surface area (Å²) in [5.74, 6) is 0. The van der Waals surface area contributed by atoms with Gasteiger partial charge in [0.15, 0.2) is 0 Å². The van der Waals surface area contributed by atoms with Gasteiger partial charge in [-0.1, -0.05) is 0 Å². The Balaban J connectivity index is 2.18. The van der Waals surface area contributed by atoms with Crippen molar-refractivity contribution in [1.82, 2.24) is 4.72 Å². The molecular formula is C12H13BrN2O2S2. The van der Waals surface area contributed by atoms with Crippen LogP contribution in [0.1, 0.15) is 11.1 Å². The lowest BCUT2D eigenvalue weighted by atomic mass is 10.2. The van der Waals surface area contributed by atoms with Crippen LogP contribution in [0.3, 0.4) is 0 Å². The summed E-state index contributed by atoms with van der Waals surface area (Å²) in [6.45, 7) is 2.25. The number of halogens is 1. The van der Waals surface area contributed by atoms with Gasteiger partial charge >= 0.3 is 0 Å². The van der Waals surface area contributed by atoms with Gasteiger partial charge in [-0.3, -0.25) is 0 Å². The lowest BCUT2D eigenvalue weighted by Crippen LogP contribution is -2.23.